The number of unbranched alkanes of at least 4 members (excludes halogenated alkanes) is 13. The maximum Gasteiger partial charge on any atom is 0.306 e. The summed E-state index contributed by atoms with van der Waals surface area (Å²) in [5.41, 5.74) is 0. The predicted molar refractivity (Wildman–Crippen MR) is 180 cm³/mol. The molecule has 7 nitrogen and oxygen atoms in total. The summed E-state index contributed by atoms with van der Waals surface area (Å²) in [4.78, 5) is 24.1. The van der Waals surface area contributed by atoms with Gasteiger partial charge in [-0.05, 0) is 38.5 Å². The van der Waals surface area contributed by atoms with Crippen LogP contribution < -0.4 is 0 Å². The number of esters is 2. The van der Waals surface area contributed by atoms with Crippen molar-refractivity contribution in [3.05, 3.63) is 48.6 Å². The maximum atomic E-state index is 12.1. The van der Waals surface area contributed by atoms with E-state index in [-0.39, 0.29) is 19.0 Å². The van der Waals surface area contributed by atoms with Gasteiger partial charge in [-0.15, -0.1) is 0 Å². The van der Waals surface area contributed by atoms with Gasteiger partial charge in [0.05, 0.1) is 18.8 Å². The quantitative estimate of drug-likeness (QED) is 0.0321. The molecule has 0 fully saturated rings. The van der Waals surface area contributed by atoms with Gasteiger partial charge in [0.2, 0.25) is 0 Å². The number of rotatable bonds is 30. The van der Waals surface area contributed by atoms with Crippen molar-refractivity contribution in [1.29, 1.82) is 0 Å². The Bertz CT molecular complexity index is 787. The molecule has 0 aliphatic carbocycles. The van der Waals surface area contributed by atoms with Gasteiger partial charge >= 0.3 is 11.9 Å². The van der Waals surface area contributed by atoms with Crippen molar-refractivity contribution < 1.29 is 34.4 Å². The van der Waals surface area contributed by atoms with E-state index in [1.807, 2.05) is 6.08 Å². The number of aliphatic hydroxyl groups is 3. The molecule has 0 saturated carbocycles. The number of hydrogen-bond donors (Lipinski definition) is 3. The summed E-state index contributed by atoms with van der Waals surface area (Å²) in [6, 6.07) is 0. The zero-order chi connectivity index (χ0) is 32.5. The van der Waals surface area contributed by atoms with E-state index in [9.17, 15) is 24.9 Å². The van der Waals surface area contributed by atoms with Gasteiger partial charge in [-0.25, -0.2) is 0 Å². The number of aliphatic hydroxyl groups excluding tert-OH is 3. The molecule has 0 radical (unpaired) electrons. The van der Waals surface area contributed by atoms with Gasteiger partial charge in [-0.2, -0.15) is 0 Å². The van der Waals surface area contributed by atoms with E-state index in [1.165, 1.54) is 70.6 Å². The number of carbonyl (C=O) groups is 2. The molecule has 0 aromatic carbocycles. The minimum atomic E-state index is -0.860. The van der Waals surface area contributed by atoms with E-state index in [0.717, 1.165) is 25.7 Å². The molecular weight excluding hydrogens is 556 g/mol. The van der Waals surface area contributed by atoms with Crippen LogP contribution in [0.5, 0.6) is 0 Å². The molecule has 0 bridgehead atoms. The van der Waals surface area contributed by atoms with Crippen molar-refractivity contribution in [2.75, 3.05) is 13.2 Å². The minimum Gasteiger partial charge on any atom is -0.462 e. The first-order chi connectivity index (χ1) is 21.4. The molecule has 0 rings (SSSR count). The van der Waals surface area contributed by atoms with Crippen LogP contribution in [0, 0.1) is 0 Å². The average molecular weight is 621 g/mol. The zero-order valence-electron chi connectivity index (χ0n) is 27.9. The molecule has 0 saturated heterocycles. The van der Waals surface area contributed by atoms with E-state index >= 15 is 0 Å². The number of ether oxygens (including phenoxy) is 2. The second-order valence-electron chi connectivity index (χ2n) is 11.6. The van der Waals surface area contributed by atoms with Crippen LogP contribution in [-0.2, 0) is 19.1 Å². The van der Waals surface area contributed by atoms with Crippen LogP contribution in [0.15, 0.2) is 48.6 Å². The van der Waals surface area contributed by atoms with Crippen LogP contribution in [0.2, 0.25) is 0 Å². The smallest absolute Gasteiger partial charge is 0.306 e. The lowest BCUT2D eigenvalue weighted by Gasteiger charge is -2.16. The highest BCUT2D eigenvalue weighted by Crippen LogP contribution is 2.13. The van der Waals surface area contributed by atoms with Crippen LogP contribution in [0.3, 0.4) is 0 Å². The van der Waals surface area contributed by atoms with Crippen molar-refractivity contribution in [1.82, 2.24) is 0 Å². The molecule has 0 amide bonds. The molecular formula is C37H64O7. The normalized spacial score (nSPS) is 14.2. The minimum absolute atomic E-state index is 0.124. The molecule has 3 N–H and O–H groups in total. The van der Waals surface area contributed by atoms with Gasteiger partial charge in [-0.1, -0.05) is 140 Å². The van der Waals surface area contributed by atoms with Crippen molar-refractivity contribution in [3.8, 4) is 0 Å². The Kier molecular flexibility index (Phi) is 30.6. The summed E-state index contributed by atoms with van der Waals surface area (Å²) in [6.45, 7) is 3.83. The Hall–Kier alpha value is -2.22. The van der Waals surface area contributed by atoms with E-state index < -0.39 is 30.9 Å². The molecule has 7 heteroatoms. The SMILES string of the molecule is CCCCC/C=C\C[C@@H](O)/C=C/C=C/C=C\[C@@H](O)CCCC(=O)OC[C@H](CO)OC(=O)CCCCCCCCCCCCC. The van der Waals surface area contributed by atoms with Gasteiger partial charge in [0.25, 0.3) is 0 Å². The molecule has 0 spiro atoms. The van der Waals surface area contributed by atoms with Crippen LogP contribution in [0.25, 0.3) is 0 Å². The molecule has 0 aromatic heterocycles. The second kappa shape index (κ2) is 32.2. The first-order valence-corrected chi connectivity index (χ1v) is 17.4. The third kappa shape index (κ3) is 29.8. The van der Waals surface area contributed by atoms with E-state index in [4.69, 9.17) is 9.47 Å². The Labute approximate surface area is 268 Å². The fourth-order valence-corrected chi connectivity index (χ4v) is 4.57. The third-order valence-corrected chi connectivity index (χ3v) is 7.32. The summed E-state index contributed by atoms with van der Waals surface area (Å²) in [6.07, 6.45) is 32.3. The Morgan fingerprint density at radius 2 is 1.18 bits per heavy atom. The summed E-state index contributed by atoms with van der Waals surface area (Å²) < 4.78 is 10.4. The number of hydrogen-bond acceptors (Lipinski definition) is 7. The van der Waals surface area contributed by atoms with Crippen molar-refractivity contribution in [2.45, 2.75) is 161 Å². The Morgan fingerprint density at radius 1 is 0.636 bits per heavy atom. The predicted octanol–water partition coefficient (Wildman–Crippen LogP) is 8.22. The highest BCUT2D eigenvalue weighted by molar-refractivity contribution is 5.70. The van der Waals surface area contributed by atoms with Gasteiger partial charge < -0.3 is 24.8 Å². The zero-order valence-corrected chi connectivity index (χ0v) is 27.9. The molecule has 254 valence electrons. The Balaban J connectivity index is 3.91. The third-order valence-electron chi connectivity index (χ3n) is 7.32. The van der Waals surface area contributed by atoms with Gasteiger partial charge in [0.15, 0.2) is 6.10 Å². The monoisotopic (exact) mass is 620 g/mol. The van der Waals surface area contributed by atoms with Crippen LogP contribution >= 0.6 is 0 Å². The lowest BCUT2D eigenvalue weighted by Crippen LogP contribution is -2.28. The van der Waals surface area contributed by atoms with Crippen LogP contribution in [0.1, 0.15) is 142 Å². The van der Waals surface area contributed by atoms with Crippen molar-refractivity contribution >= 4 is 11.9 Å². The van der Waals surface area contributed by atoms with Crippen molar-refractivity contribution in [3.63, 3.8) is 0 Å². The first kappa shape index (κ1) is 41.8. The lowest BCUT2D eigenvalue weighted by molar-refractivity contribution is -0.161. The number of carbonyl (C=O) groups excluding carboxylic acids is 2. The molecule has 0 unspecified atom stereocenters. The lowest BCUT2D eigenvalue weighted by atomic mass is 10.1. The largest absolute Gasteiger partial charge is 0.462 e. The van der Waals surface area contributed by atoms with Gasteiger partial charge in [-0.3, -0.25) is 9.59 Å². The molecule has 0 aromatic rings. The molecule has 0 aliphatic heterocycles. The summed E-state index contributed by atoms with van der Waals surface area (Å²) in [7, 11) is 0. The molecule has 0 heterocycles. The van der Waals surface area contributed by atoms with E-state index in [1.54, 1.807) is 36.5 Å². The van der Waals surface area contributed by atoms with Gasteiger partial charge in [0.1, 0.15) is 6.61 Å². The highest BCUT2D eigenvalue weighted by atomic mass is 16.6. The molecule has 0 aliphatic rings. The topological polar surface area (TPSA) is 113 Å². The molecule has 44 heavy (non-hydrogen) atoms. The van der Waals surface area contributed by atoms with Crippen LogP contribution in [0.4, 0.5) is 0 Å². The van der Waals surface area contributed by atoms with E-state index in [2.05, 4.69) is 19.9 Å². The fraction of sp³-hybridized carbons (Fsp3) is 0.730. The number of allylic oxidation sites excluding steroid dienone is 5. The maximum absolute atomic E-state index is 12.1. The second-order valence-corrected chi connectivity index (χ2v) is 11.6. The standard InChI is InChI=1S/C37H64O7/c1-3-5-7-9-11-12-13-14-15-17-23-29-37(42)44-35(31-38)32-43-36(41)30-24-28-34(40)27-22-19-18-21-26-33(39)25-20-16-10-8-6-4-2/h16,18-22,26-27,33-35,38-40H,3-15,17,23-25,28-32H2,1-2H3/b19-18+,20-16-,26-21+,27-22-/t33-,34-,35+/m1/s1. The summed E-state index contributed by atoms with van der Waals surface area (Å²) in [5, 5.41) is 29.5. The van der Waals surface area contributed by atoms with E-state index in [0.29, 0.717) is 25.7 Å². The average Bonchev–Trinajstić information content (AvgIpc) is 3.01. The highest BCUT2D eigenvalue weighted by Gasteiger charge is 2.16. The Morgan fingerprint density at radius 3 is 1.80 bits per heavy atom. The first-order valence-electron chi connectivity index (χ1n) is 17.4. The fourth-order valence-electron chi connectivity index (χ4n) is 4.57. The van der Waals surface area contributed by atoms with Crippen molar-refractivity contribution in [2.24, 2.45) is 0 Å². The summed E-state index contributed by atoms with van der Waals surface area (Å²) in [5.74, 6) is -0.836. The van der Waals surface area contributed by atoms with Gasteiger partial charge in [0, 0.05) is 12.8 Å². The molecule has 3 atom stereocenters. The van der Waals surface area contributed by atoms with Crippen LogP contribution in [-0.4, -0.2) is 58.8 Å². The summed E-state index contributed by atoms with van der Waals surface area (Å²) >= 11 is 0.